The summed E-state index contributed by atoms with van der Waals surface area (Å²) in [4.78, 5) is 10.5. The van der Waals surface area contributed by atoms with Crippen molar-refractivity contribution in [2.75, 3.05) is 0 Å². The van der Waals surface area contributed by atoms with Crippen LogP contribution in [0.4, 0.5) is 4.79 Å². The molecule has 1 rings (SSSR count). The number of alkyl halides is 3. The average Bonchev–Trinajstić information content (AvgIpc) is 2.05. The van der Waals surface area contributed by atoms with Gasteiger partial charge in [0, 0.05) is 6.42 Å². The predicted molar refractivity (Wildman–Crippen MR) is 69.9 cm³/mol. The lowest BCUT2D eigenvalue weighted by Crippen LogP contribution is -2.16. The molecule has 0 aliphatic rings. The molecule has 0 bridgehead atoms. The molecule has 0 heterocycles. The van der Waals surface area contributed by atoms with Crippen molar-refractivity contribution in [3.63, 3.8) is 0 Å². The van der Waals surface area contributed by atoms with Crippen LogP contribution in [0.5, 0.6) is 5.75 Å². The molecule has 15 heavy (non-hydrogen) atoms. The fourth-order valence-corrected chi connectivity index (χ4v) is 1.99. The summed E-state index contributed by atoms with van der Waals surface area (Å²) in [6.45, 7) is 0. The van der Waals surface area contributed by atoms with Crippen LogP contribution >= 0.6 is 47.8 Å². The summed E-state index contributed by atoms with van der Waals surface area (Å²) < 4.78 is 4.40. The summed E-state index contributed by atoms with van der Waals surface area (Å²) in [6, 6.07) is 7.10. The highest BCUT2D eigenvalue weighted by atomic mass is 80.0. The zero-order valence-electron chi connectivity index (χ0n) is 7.54. The van der Waals surface area contributed by atoms with E-state index in [0.29, 0.717) is 5.75 Å². The molecule has 0 aliphatic carbocycles. The Morgan fingerprint density at radius 1 is 1.27 bits per heavy atom. The van der Waals surface area contributed by atoms with Crippen LogP contribution in [0.2, 0.25) is 0 Å². The minimum atomic E-state index is -0.807. The van der Waals surface area contributed by atoms with Gasteiger partial charge in [-0.1, -0.05) is 59.9 Å². The van der Waals surface area contributed by atoms with Gasteiger partial charge in [0.2, 0.25) is 0 Å². The zero-order chi connectivity index (χ0) is 11.5. The van der Waals surface area contributed by atoms with Crippen molar-refractivity contribution in [1.82, 2.24) is 0 Å². The highest BCUT2D eigenvalue weighted by Gasteiger charge is 2.17. The predicted octanol–water partition coefficient (Wildman–Crippen LogP) is 3.53. The maximum Gasteiger partial charge on any atom is 0.409 e. The first-order valence-corrected chi connectivity index (χ1v) is 6.38. The first-order valence-electron chi connectivity index (χ1n) is 4.00. The number of ether oxygens (including phenoxy) is 1. The standard InChI is InChI=1S/C9H8Br3NO2/c10-9(11,12)5-6-1-3-7(4-2-6)15-8(13)14/h1-4H,5H2,(H2,13,14). The number of hydrogen-bond donors (Lipinski definition) is 1. The van der Waals surface area contributed by atoms with Gasteiger partial charge >= 0.3 is 6.09 Å². The van der Waals surface area contributed by atoms with Gasteiger partial charge in [0.15, 0.2) is 0 Å². The smallest absolute Gasteiger partial charge is 0.409 e. The molecule has 0 aliphatic heterocycles. The quantitative estimate of drug-likeness (QED) is 0.771. The molecule has 0 radical (unpaired) electrons. The van der Waals surface area contributed by atoms with Crippen LogP contribution in [-0.4, -0.2) is 8.24 Å². The lowest BCUT2D eigenvalue weighted by atomic mass is 10.2. The van der Waals surface area contributed by atoms with Crippen molar-refractivity contribution in [2.45, 2.75) is 8.56 Å². The molecule has 0 atom stereocenters. The lowest BCUT2D eigenvalue weighted by molar-refractivity contribution is 0.211. The van der Waals surface area contributed by atoms with Crippen LogP contribution in [0, 0.1) is 0 Å². The molecule has 0 aromatic heterocycles. The number of hydrogen-bond acceptors (Lipinski definition) is 2. The van der Waals surface area contributed by atoms with E-state index in [1.54, 1.807) is 12.1 Å². The Kier molecular flexibility index (Phi) is 4.61. The third kappa shape index (κ3) is 5.53. The minimum absolute atomic E-state index is 0.306. The van der Waals surface area contributed by atoms with Crippen LogP contribution in [0.3, 0.4) is 0 Å². The molecular formula is C9H8Br3NO2. The molecule has 1 amide bonds. The van der Waals surface area contributed by atoms with E-state index in [0.717, 1.165) is 12.0 Å². The second-order valence-electron chi connectivity index (χ2n) is 2.86. The Hall–Kier alpha value is -0.0700. The number of halogens is 3. The average molecular weight is 402 g/mol. The zero-order valence-corrected chi connectivity index (χ0v) is 12.3. The number of carbonyl (C=O) groups is 1. The lowest BCUT2D eigenvalue weighted by Gasteiger charge is -2.11. The highest BCUT2D eigenvalue weighted by Crippen LogP contribution is 2.37. The molecule has 3 nitrogen and oxygen atoms in total. The van der Waals surface area contributed by atoms with Crippen LogP contribution in [0.15, 0.2) is 24.3 Å². The molecule has 1 aromatic rings. The van der Waals surface area contributed by atoms with Gasteiger partial charge in [0.1, 0.15) is 7.89 Å². The summed E-state index contributed by atoms with van der Waals surface area (Å²) in [5, 5.41) is 0. The highest BCUT2D eigenvalue weighted by molar-refractivity contribution is 9.39. The second kappa shape index (κ2) is 5.32. The van der Waals surface area contributed by atoms with E-state index in [-0.39, 0.29) is 2.14 Å². The normalized spacial score (nSPS) is 11.1. The molecule has 6 heteroatoms. The first-order chi connectivity index (χ1) is 6.87. The van der Waals surface area contributed by atoms with Crippen LogP contribution < -0.4 is 10.5 Å². The van der Waals surface area contributed by atoms with E-state index < -0.39 is 6.09 Å². The maximum atomic E-state index is 10.5. The van der Waals surface area contributed by atoms with Crippen molar-refractivity contribution in [1.29, 1.82) is 0 Å². The minimum Gasteiger partial charge on any atom is -0.411 e. The number of carbonyl (C=O) groups excluding carboxylic acids is 1. The van der Waals surface area contributed by atoms with Crippen molar-refractivity contribution in [2.24, 2.45) is 5.73 Å². The molecule has 0 fully saturated rings. The topological polar surface area (TPSA) is 52.3 Å². The molecule has 0 unspecified atom stereocenters. The van der Waals surface area contributed by atoms with Gasteiger partial charge in [-0.2, -0.15) is 0 Å². The largest absolute Gasteiger partial charge is 0.411 e. The van der Waals surface area contributed by atoms with Crippen molar-refractivity contribution in [3.05, 3.63) is 29.8 Å². The van der Waals surface area contributed by atoms with E-state index in [1.165, 1.54) is 0 Å². The number of benzene rings is 1. The van der Waals surface area contributed by atoms with Crippen molar-refractivity contribution < 1.29 is 9.53 Å². The molecule has 0 saturated heterocycles. The van der Waals surface area contributed by atoms with Gasteiger partial charge in [0.05, 0.1) is 0 Å². The van der Waals surface area contributed by atoms with Gasteiger partial charge < -0.3 is 10.5 Å². The molecule has 82 valence electrons. The monoisotopic (exact) mass is 399 g/mol. The van der Waals surface area contributed by atoms with E-state index in [4.69, 9.17) is 10.5 Å². The number of primary amides is 1. The van der Waals surface area contributed by atoms with E-state index in [2.05, 4.69) is 47.8 Å². The summed E-state index contributed by atoms with van der Waals surface area (Å²) >= 11 is 10.2. The molecule has 0 spiro atoms. The Bertz CT molecular complexity index is 345. The first kappa shape index (κ1) is 13.0. The van der Waals surface area contributed by atoms with Gasteiger partial charge in [0.25, 0.3) is 0 Å². The van der Waals surface area contributed by atoms with Crippen LogP contribution in [0.25, 0.3) is 0 Å². The summed E-state index contributed by atoms with van der Waals surface area (Å²) in [5.41, 5.74) is 5.96. The van der Waals surface area contributed by atoms with E-state index in [1.807, 2.05) is 12.1 Å². The fourth-order valence-electron chi connectivity index (χ4n) is 1.02. The van der Waals surface area contributed by atoms with Gasteiger partial charge in [-0.05, 0) is 17.7 Å². The molecule has 0 saturated carbocycles. The van der Waals surface area contributed by atoms with Crippen molar-refractivity contribution in [3.8, 4) is 5.75 Å². The molecule has 1 aromatic carbocycles. The van der Waals surface area contributed by atoms with Gasteiger partial charge in [-0.25, -0.2) is 4.79 Å². The van der Waals surface area contributed by atoms with Crippen molar-refractivity contribution >= 4 is 53.9 Å². The maximum absolute atomic E-state index is 10.5. The van der Waals surface area contributed by atoms with E-state index in [9.17, 15) is 4.79 Å². The number of rotatable bonds is 2. The molecular weight excluding hydrogens is 394 g/mol. The third-order valence-electron chi connectivity index (χ3n) is 1.55. The van der Waals surface area contributed by atoms with Gasteiger partial charge in [-0.3, -0.25) is 0 Å². The number of nitrogens with two attached hydrogens (primary N) is 1. The summed E-state index contributed by atoms with van der Waals surface area (Å²) in [5.74, 6) is 0.440. The Morgan fingerprint density at radius 2 is 1.80 bits per heavy atom. The fraction of sp³-hybridized carbons (Fsp3) is 0.222. The summed E-state index contributed by atoms with van der Waals surface area (Å²) in [7, 11) is 0. The Labute approximate surface area is 113 Å². The number of amides is 1. The van der Waals surface area contributed by atoms with E-state index >= 15 is 0 Å². The summed E-state index contributed by atoms with van der Waals surface area (Å²) in [6.07, 6.45) is -0.0669. The second-order valence-corrected chi connectivity index (χ2v) is 10.1. The third-order valence-corrected chi connectivity index (χ3v) is 2.39. The molecule has 2 N–H and O–H groups in total. The van der Waals surface area contributed by atoms with Gasteiger partial charge in [-0.15, -0.1) is 0 Å². The Morgan fingerprint density at radius 3 is 2.20 bits per heavy atom. The van der Waals surface area contributed by atoms with Crippen LogP contribution in [0.1, 0.15) is 5.56 Å². The SMILES string of the molecule is NC(=O)Oc1ccc(CC(Br)(Br)Br)cc1. The van der Waals surface area contributed by atoms with Crippen LogP contribution in [-0.2, 0) is 6.42 Å². The Balaban J connectivity index is 2.68.